The Morgan fingerprint density at radius 1 is 1.03 bits per heavy atom. The zero-order valence-electron chi connectivity index (χ0n) is 19.4. The lowest BCUT2D eigenvalue weighted by Gasteiger charge is -2.29. The Kier molecular flexibility index (Phi) is 8.33. The van der Waals surface area contributed by atoms with Gasteiger partial charge in [0.2, 0.25) is 5.91 Å². The molecule has 0 aliphatic carbocycles. The van der Waals surface area contributed by atoms with Gasteiger partial charge in [0.15, 0.2) is 0 Å². The maximum Gasteiger partial charge on any atom is 0.262 e. The molecule has 4 rings (SSSR count). The molecule has 6 nitrogen and oxygen atoms in total. The van der Waals surface area contributed by atoms with E-state index >= 15 is 0 Å². The predicted molar refractivity (Wildman–Crippen MR) is 135 cm³/mol. The third-order valence-corrected chi connectivity index (χ3v) is 7.05. The second-order valence-electron chi connectivity index (χ2n) is 8.47. The van der Waals surface area contributed by atoms with Crippen molar-refractivity contribution >= 4 is 23.2 Å². The zero-order valence-corrected chi connectivity index (χ0v) is 20.2. The molecule has 7 heteroatoms. The number of ether oxygens (including phenoxy) is 1. The van der Waals surface area contributed by atoms with E-state index in [1.54, 1.807) is 13.2 Å². The number of benzene rings is 2. The molecule has 0 spiro atoms. The van der Waals surface area contributed by atoms with Crippen molar-refractivity contribution in [2.24, 2.45) is 0 Å². The van der Waals surface area contributed by atoms with Gasteiger partial charge < -0.3 is 15.4 Å². The predicted octanol–water partition coefficient (Wildman–Crippen LogP) is 4.05. The van der Waals surface area contributed by atoms with E-state index in [1.165, 1.54) is 11.3 Å². The normalized spacial score (nSPS) is 15.4. The summed E-state index contributed by atoms with van der Waals surface area (Å²) in [6.45, 7) is 2.47. The molecule has 3 aromatic rings. The van der Waals surface area contributed by atoms with Gasteiger partial charge in [-0.2, -0.15) is 0 Å². The van der Waals surface area contributed by atoms with Gasteiger partial charge in [-0.15, -0.1) is 11.3 Å². The maximum atomic E-state index is 13.4. The number of methoxy groups -OCH3 is 1. The summed E-state index contributed by atoms with van der Waals surface area (Å²) in [6.07, 6.45) is 2.74. The van der Waals surface area contributed by atoms with E-state index in [0.29, 0.717) is 17.8 Å². The fraction of sp³-hybridized carbons (Fsp3) is 0.333. The molecule has 178 valence electrons. The second-order valence-corrected chi connectivity index (χ2v) is 9.42. The van der Waals surface area contributed by atoms with E-state index in [4.69, 9.17) is 4.74 Å². The first-order chi connectivity index (χ1) is 16.6. The number of amides is 2. The van der Waals surface area contributed by atoms with Crippen LogP contribution < -0.4 is 15.4 Å². The molecule has 34 heavy (non-hydrogen) atoms. The van der Waals surface area contributed by atoms with Crippen LogP contribution in [0.1, 0.15) is 39.7 Å². The van der Waals surface area contributed by atoms with Crippen LogP contribution in [0.4, 0.5) is 0 Å². The Labute approximate surface area is 204 Å². The molecule has 0 radical (unpaired) electrons. The molecule has 0 saturated carbocycles. The standard InChI is InChI=1S/C27H31N3O3S/c1-33-22-12-7-11-21(18-22)24(30-14-5-6-15-30)19-28-26(31)23(17-20-9-3-2-4-10-20)29-27(32)25-13-8-16-34-25/h2-4,7-13,16,18,23-24H,5-6,14-15,17,19H2,1H3,(H,28,31)(H,29,32). The van der Waals surface area contributed by atoms with Crippen LogP contribution in [0.25, 0.3) is 0 Å². The highest BCUT2D eigenvalue weighted by Gasteiger charge is 2.27. The van der Waals surface area contributed by atoms with Gasteiger partial charge in [0.1, 0.15) is 11.8 Å². The average molecular weight is 478 g/mol. The molecule has 2 N–H and O–H groups in total. The third kappa shape index (κ3) is 6.24. The summed E-state index contributed by atoms with van der Waals surface area (Å²) in [6, 6.07) is 20.8. The highest BCUT2D eigenvalue weighted by atomic mass is 32.1. The number of likely N-dealkylation sites (tertiary alicyclic amines) is 1. The van der Waals surface area contributed by atoms with Crippen LogP contribution in [0.15, 0.2) is 72.1 Å². The summed E-state index contributed by atoms with van der Waals surface area (Å²) in [5.41, 5.74) is 2.11. The van der Waals surface area contributed by atoms with E-state index in [0.717, 1.165) is 42.8 Å². The molecule has 1 aliphatic heterocycles. The monoisotopic (exact) mass is 477 g/mol. The molecule has 1 aliphatic rings. The molecule has 2 heterocycles. The molecule has 2 unspecified atom stereocenters. The van der Waals surface area contributed by atoms with Crippen LogP contribution in [0, 0.1) is 0 Å². The highest BCUT2D eigenvalue weighted by Crippen LogP contribution is 2.27. The lowest BCUT2D eigenvalue weighted by molar-refractivity contribution is -0.123. The molecule has 1 aromatic heterocycles. The summed E-state index contributed by atoms with van der Waals surface area (Å²) in [5.74, 6) is 0.397. The van der Waals surface area contributed by atoms with E-state index in [2.05, 4.69) is 21.6 Å². The van der Waals surface area contributed by atoms with Crippen molar-refractivity contribution in [2.45, 2.75) is 31.3 Å². The number of nitrogens with one attached hydrogen (secondary N) is 2. The van der Waals surface area contributed by atoms with Crippen LogP contribution in [-0.4, -0.2) is 49.5 Å². The second kappa shape index (κ2) is 11.8. The van der Waals surface area contributed by atoms with Crippen LogP contribution in [0.3, 0.4) is 0 Å². The van der Waals surface area contributed by atoms with Crippen molar-refractivity contribution in [3.05, 3.63) is 88.1 Å². The van der Waals surface area contributed by atoms with Crippen LogP contribution in [0.5, 0.6) is 5.75 Å². The molecule has 2 atom stereocenters. The first-order valence-corrected chi connectivity index (χ1v) is 12.6. The van der Waals surface area contributed by atoms with Crippen LogP contribution in [0.2, 0.25) is 0 Å². The van der Waals surface area contributed by atoms with Gasteiger partial charge in [0.25, 0.3) is 5.91 Å². The molecule has 0 bridgehead atoms. The lowest BCUT2D eigenvalue weighted by atomic mass is 10.0. The van der Waals surface area contributed by atoms with Crippen molar-refractivity contribution < 1.29 is 14.3 Å². The van der Waals surface area contributed by atoms with Crippen molar-refractivity contribution in [1.82, 2.24) is 15.5 Å². The van der Waals surface area contributed by atoms with Gasteiger partial charge in [-0.05, 0) is 60.6 Å². The fourth-order valence-corrected chi connectivity index (χ4v) is 5.00. The number of hydrogen-bond donors (Lipinski definition) is 2. The minimum atomic E-state index is -0.665. The SMILES string of the molecule is COc1cccc(C(CNC(=O)C(Cc2ccccc2)NC(=O)c2cccs2)N2CCCC2)c1. The van der Waals surface area contributed by atoms with Crippen LogP contribution in [-0.2, 0) is 11.2 Å². The molecular formula is C27H31N3O3S. The Morgan fingerprint density at radius 2 is 1.82 bits per heavy atom. The van der Waals surface area contributed by atoms with Gasteiger partial charge >= 0.3 is 0 Å². The van der Waals surface area contributed by atoms with E-state index in [-0.39, 0.29) is 17.9 Å². The minimum absolute atomic E-state index is 0.0481. The number of thiophene rings is 1. The van der Waals surface area contributed by atoms with Gasteiger partial charge in [-0.3, -0.25) is 14.5 Å². The van der Waals surface area contributed by atoms with E-state index in [9.17, 15) is 9.59 Å². The molecule has 1 fully saturated rings. The zero-order chi connectivity index (χ0) is 23.8. The van der Waals surface area contributed by atoms with E-state index in [1.807, 2.05) is 60.0 Å². The van der Waals surface area contributed by atoms with Gasteiger partial charge in [-0.1, -0.05) is 48.5 Å². The van der Waals surface area contributed by atoms with E-state index < -0.39 is 6.04 Å². The maximum absolute atomic E-state index is 13.4. The van der Waals surface area contributed by atoms with Crippen molar-refractivity contribution in [2.75, 3.05) is 26.7 Å². The number of hydrogen-bond acceptors (Lipinski definition) is 5. The number of carbonyl (C=O) groups is 2. The molecule has 2 aromatic carbocycles. The van der Waals surface area contributed by atoms with Crippen LogP contribution >= 0.6 is 11.3 Å². The quantitative estimate of drug-likeness (QED) is 0.462. The topological polar surface area (TPSA) is 70.7 Å². The molecular weight excluding hydrogens is 446 g/mol. The first kappa shape index (κ1) is 24.0. The number of rotatable bonds is 10. The highest BCUT2D eigenvalue weighted by molar-refractivity contribution is 7.12. The Bertz CT molecular complexity index is 1070. The average Bonchev–Trinajstić information content (AvgIpc) is 3.59. The van der Waals surface area contributed by atoms with Gasteiger partial charge in [-0.25, -0.2) is 0 Å². The summed E-state index contributed by atoms with van der Waals surface area (Å²) in [7, 11) is 1.66. The Hall–Kier alpha value is -3.16. The van der Waals surface area contributed by atoms with Crippen molar-refractivity contribution in [3.8, 4) is 5.75 Å². The lowest BCUT2D eigenvalue weighted by Crippen LogP contribution is -2.49. The fourth-order valence-electron chi connectivity index (χ4n) is 4.38. The van der Waals surface area contributed by atoms with Gasteiger partial charge in [0, 0.05) is 13.0 Å². The van der Waals surface area contributed by atoms with Gasteiger partial charge in [0.05, 0.1) is 18.0 Å². The molecule has 1 saturated heterocycles. The smallest absolute Gasteiger partial charge is 0.262 e. The summed E-state index contributed by atoms with van der Waals surface area (Å²) in [4.78, 5) is 29.1. The number of nitrogens with zero attached hydrogens (tertiary/aromatic N) is 1. The Balaban J connectivity index is 1.49. The first-order valence-electron chi connectivity index (χ1n) is 11.7. The third-order valence-electron chi connectivity index (χ3n) is 6.18. The Morgan fingerprint density at radius 3 is 2.53 bits per heavy atom. The van der Waals surface area contributed by atoms with Crippen molar-refractivity contribution in [3.63, 3.8) is 0 Å². The number of carbonyl (C=O) groups excluding carboxylic acids is 2. The minimum Gasteiger partial charge on any atom is -0.497 e. The summed E-state index contributed by atoms with van der Waals surface area (Å²) < 4.78 is 5.42. The molecule has 2 amide bonds. The van der Waals surface area contributed by atoms with Crippen molar-refractivity contribution in [1.29, 1.82) is 0 Å². The summed E-state index contributed by atoms with van der Waals surface area (Å²) in [5, 5.41) is 7.94. The summed E-state index contributed by atoms with van der Waals surface area (Å²) >= 11 is 1.36. The largest absolute Gasteiger partial charge is 0.497 e.